The Labute approximate surface area is 170 Å². The monoisotopic (exact) mass is 393 g/mol. The number of aryl methyl sites for hydroxylation is 1. The number of carbonyl (C=O) groups excluding carboxylic acids is 1. The van der Waals surface area contributed by atoms with Gasteiger partial charge in [-0.05, 0) is 56.5 Å². The highest BCUT2D eigenvalue weighted by molar-refractivity contribution is 5.94. The maximum absolute atomic E-state index is 13.0. The molecule has 1 aromatic heterocycles. The Bertz CT molecular complexity index is 1080. The van der Waals surface area contributed by atoms with Gasteiger partial charge in [0.15, 0.2) is 6.10 Å². The van der Waals surface area contributed by atoms with Crippen molar-refractivity contribution < 1.29 is 9.53 Å². The lowest BCUT2D eigenvalue weighted by molar-refractivity contribution is -0.122. The van der Waals surface area contributed by atoms with E-state index in [1.165, 1.54) is 4.68 Å². The van der Waals surface area contributed by atoms with E-state index in [1.807, 2.05) is 76.2 Å². The number of rotatable bonds is 6. The summed E-state index contributed by atoms with van der Waals surface area (Å²) in [5, 5.41) is 2.80. The molecule has 2 aromatic carbocycles. The van der Waals surface area contributed by atoms with Gasteiger partial charge in [-0.3, -0.25) is 14.3 Å². The average molecular weight is 393 g/mol. The van der Waals surface area contributed by atoms with E-state index in [4.69, 9.17) is 4.74 Å². The predicted octanol–water partition coefficient (Wildman–Crippen LogP) is 3.90. The van der Waals surface area contributed by atoms with Crippen LogP contribution in [0.5, 0.6) is 5.75 Å². The Morgan fingerprint density at radius 3 is 2.41 bits per heavy atom. The molecule has 0 unspecified atom stereocenters. The molecule has 152 valence electrons. The van der Waals surface area contributed by atoms with Gasteiger partial charge in [0.1, 0.15) is 11.4 Å². The molecule has 6 heteroatoms. The van der Waals surface area contributed by atoms with Crippen LogP contribution >= 0.6 is 0 Å². The van der Waals surface area contributed by atoms with Crippen molar-refractivity contribution in [3.05, 3.63) is 75.7 Å². The molecule has 29 heavy (non-hydrogen) atoms. The molecule has 1 amide bonds. The molecule has 1 atom stereocenters. The first kappa shape index (κ1) is 20.5. The summed E-state index contributed by atoms with van der Waals surface area (Å²) in [6.07, 6.45) is -0.211. The molecule has 3 rings (SSSR count). The summed E-state index contributed by atoms with van der Waals surface area (Å²) in [7, 11) is 1.79. The van der Waals surface area contributed by atoms with Crippen molar-refractivity contribution in [3.8, 4) is 11.4 Å². The van der Waals surface area contributed by atoms with Crippen LogP contribution in [0.15, 0.2) is 53.3 Å². The summed E-state index contributed by atoms with van der Waals surface area (Å²) in [4.78, 5) is 25.9. The topological polar surface area (TPSA) is 65.3 Å². The molecule has 0 aliphatic heterocycles. The molecule has 6 nitrogen and oxygen atoms in total. The fraction of sp³-hybridized carbons (Fsp3) is 0.304. The summed E-state index contributed by atoms with van der Waals surface area (Å²) in [5.41, 5.74) is 3.51. The Hall–Kier alpha value is -3.28. The van der Waals surface area contributed by atoms with Crippen LogP contribution < -0.4 is 15.6 Å². The van der Waals surface area contributed by atoms with E-state index in [0.717, 1.165) is 16.8 Å². The highest BCUT2D eigenvalue weighted by Gasteiger charge is 2.24. The van der Waals surface area contributed by atoms with Crippen LogP contribution in [0.2, 0.25) is 0 Å². The van der Waals surface area contributed by atoms with Crippen LogP contribution in [-0.4, -0.2) is 21.4 Å². The second-order valence-corrected chi connectivity index (χ2v) is 7.14. The highest BCUT2D eigenvalue weighted by atomic mass is 16.5. The van der Waals surface area contributed by atoms with E-state index in [1.54, 1.807) is 11.7 Å². The van der Waals surface area contributed by atoms with Crippen LogP contribution in [0.1, 0.15) is 30.2 Å². The quantitative estimate of drug-likeness (QED) is 0.691. The normalized spacial score (nSPS) is 11.9. The minimum atomic E-state index is -0.695. The summed E-state index contributed by atoms with van der Waals surface area (Å²) in [6, 6.07) is 15.1. The predicted molar refractivity (Wildman–Crippen MR) is 115 cm³/mol. The first-order valence-corrected chi connectivity index (χ1v) is 9.72. The van der Waals surface area contributed by atoms with Crippen LogP contribution in [0.25, 0.3) is 5.69 Å². The summed E-state index contributed by atoms with van der Waals surface area (Å²) >= 11 is 0. The number of ether oxygens (including phenoxy) is 1. The molecule has 0 aliphatic rings. The lowest BCUT2D eigenvalue weighted by atomic mass is 10.1. The Morgan fingerprint density at radius 1 is 1.07 bits per heavy atom. The third-order valence-electron chi connectivity index (χ3n) is 5.29. The smallest absolute Gasteiger partial charge is 0.295 e. The molecule has 0 saturated carbocycles. The number of amides is 1. The van der Waals surface area contributed by atoms with Crippen LogP contribution in [0.4, 0.5) is 5.69 Å². The maximum atomic E-state index is 13.0. The highest BCUT2D eigenvalue weighted by Crippen LogP contribution is 2.23. The van der Waals surface area contributed by atoms with Crippen LogP contribution in [0, 0.1) is 20.8 Å². The van der Waals surface area contributed by atoms with E-state index >= 15 is 0 Å². The van der Waals surface area contributed by atoms with Crippen molar-refractivity contribution in [3.63, 3.8) is 0 Å². The van der Waals surface area contributed by atoms with Crippen molar-refractivity contribution in [2.45, 2.75) is 40.2 Å². The Balaban J connectivity index is 1.88. The molecule has 0 aliphatic carbocycles. The van der Waals surface area contributed by atoms with E-state index in [9.17, 15) is 9.59 Å². The van der Waals surface area contributed by atoms with Gasteiger partial charge in [0, 0.05) is 7.05 Å². The third kappa shape index (κ3) is 3.97. The van der Waals surface area contributed by atoms with Crippen molar-refractivity contribution in [1.29, 1.82) is 0 Å². The second kappa shape index (κ2) is 8.39. The zero-order valence-electron chi connectivity index (χ0n) is 17.5. The number of para-hydroxylation sites is 1. The minimum absolute atomic E-state index is 0.268. The van der Waals surface area contributed by atoms with Gasteiger partial charge in [-0.2, -0.15) is 0 Å². The fourth-order valence-electron chi connectivity index (χ4n) is 3.24. The number of nitrogens with one attached hydrogen (secondary N) is 1. The molecular weight excluding hydrogens is 366 g/mol. The largest absolute Gasteiger partial charge is 0.480 e. The van der Waals surface area contributed by atoms with Gasteiger partial charge in [0.25, 0.3) is 11.5 Å². The van der Waals surface area contributed by atoms with Gasteiger partial charge >= 0.3 is 0 Å². The standard InChI is InChI=1S/C23H27N3O3/c1-6-19(29-20-14-10-11-15(2)16(20)3)22(27)24-21-17(4)25(5)26(23(21)28)18-12-8-7-9-13-18/h7-14,19H,6H2,1-5H3,(H,24,27)/t19-/m1/s1. The van der Waals surface area contributed by atoms with Crippen molar-refractivity contribution in [2.24, 2.45) is 7.05 Å². The molecule has 3 aromatic rings. The number of benzene rings is 2. The number of hydrogen-bond acceptors (Lipinski definition) is 3. The van der Waals surface area contributed by atoms with Gasteiger partial charge in [-0.15, -0.1) is 0 Å². The Kier molecular flexibility index (Phi) is 5.92. The molecule has 1 heterocycles. The first-order valence-electron chi connectivity index (χ1n) is 9.72. The van der Waals surface area contributed by atoms with E-state index in [2.05, 4.69) is 5.32 Å². The van der Waals surface area contributed by atoms with E-state index in [0.29, 0.717) is 17.9 Å². The fourth-order valence-corrected chi connectivity index (χ4v) is 3.24. The van der Waals surface area contributed by atoms with E-state index < -0.39 is 6.10 Å². The average Bonchev–Trinajstić information content (AvgIpc) is 2.93. The number of hydrogen-bond donors (Lipinski definition) is 1. The zero-order valence-corrected chi connectivity index (χ0v) is 17.5. The van der Waals surface area contributed by atoms with E-state index in [-0.39, 0.29) is 17.2 Å². The molecule has 0 fully saturated rings. The van der Waals surface area contributed by atoms with Gasteiger partial charge < -0.3 is 10.1 Å². The molecule has 1 N–H and O–H groups in total. The number of aromatic nitrogens is 2. The first-order chi connectivity index (χ1) is 13.8. The summed E-state index contributed by atoms with van der Waals surface area (Å²) in [6.45, 7) is 7.66. The lowest BCUT2D eigenvalue weighted by Gasteiger charge is -2.19. The molecule has 0 spiro atoms. The Morgan fingerprint density at radius 2 is 1.76 bits per heavy atom. The molecule has 0 radical (unpaired) electrons. The lowest BCUT2D eigenvalue weighted by Crippen LogP contribution is -2.34. The molecule has 0 bridgehead atoms. The van der Waals surface area contributed by atoms with Crippen molar-refractivity contribution >= 4 is 11.6 Å². The molecule has 0 saturated heterocycles. The van der Waals surface area contributed by atoms with Gasteiger partial charge in [-0.1, -0.05) is 37.3 Å². The third-order valence-corrected chi connectivity index (χ3v) is 5.29. The number of anilines is 1. The summed E-state index contributed by atoms with van der Waals surface area (Å²) in [5.74, 6) is 0.345. The van der Waals surface area contributed by atoms with Crippen LogP contribution in [0.3, 0.4) is 0 Å². The van der Waals surface area contributed by atoms with Crippen LogP contribution in [-0.2, 0) is 11.8 Å². The van der Waals surface area contributed by atoms with Gasteiger partial charge in [-0.25, -0.2) is 4.68 Å². The SMILES string of the molecule is CC[C@@H](Oc1cccc(C)c1C)C(=O)Nc1c(C)n(C)n(-c2ccccc2)c1=O. The maximum Gasteiger partial charge on any atom is 0.295 e. The molecular formula is C23H27N3O3. The zero-order chi connectivity index (χ0) is 21.1. The van der Waals surface area contributed by atoms with Crippen molar-refractivity contribution in [1.82, 2.24) is 9.36 Å². The van der Waals surface area contributed by atoms with Gasteiger partial charge in [0.05, 0.1) is 11.4 Å². The van der Waals surface area contributed by atoms with Gasteiger partial charge in [0.2, 0.25) is 0 Å². The number of nitrogens with zero attached hydrogens (tertiary/aromatic N) is 2. The minimum Gasteiger partial charge on any atom is -0.480 e. The summed E-state index contributed by atoms with van der Waals surface area (Å²) < 4.78 is 9.26. The number of carbonyl (C=O) groups is 1. The van der Waals surface area contributed by atoms with Crippen molar-refractivity contribution in [2.75, 3.05) is 5.32 Å². The second-order valence-electron chi connectivity index (χ2n) is 7.14.